The molecule has 3 rings (SSSR count). The Morgan fingerprint density at radius 1 is 1.00 bits per heavy atom. The molecule has 0 aliphatic carbocycles. The molecule has 3 aromatic rings. The van der Waals surface area contributed by atoms with Crippen LogP contribution in [0, 0.1) is 0 Å². The van der Waals surface area contributed by atoms with Crippen LogP contribution in [0.3, 0.4) is 0 Å². The molecule has 0 bridgehead atoms. The molecule has 2 N–H and O–H groups in total. The van der Waals surface area contributed by atoms with Gasteiger partial charge in [-0.05, 0) is 50.1 Å². The maximum absolute atomic E-state index is 12.2. The summed E-state index contributed by atoms with van der Waals surface area (Å²) in [4.78, 5) is 40.4. The van der Waals surface area contributed by atoms with Gasteiger partial charge < -0.3 is 15.4 Å². The number of ether oxygens (including phenoxy) is 1. The van der Waals surface area contributed by atoms with Crippen molar-refractivity contribution in [3.05, 3.63) is 59.7 Å². The first-order valence-corrected chi connectivity index (χ1v) is 11.1. The Balaban J connectivity index is 1.38. The summed E-state index contributed by atoms with van der Waals surface area (Å²) in [5, 5.41) is 6.21. The van der Waals surface area contributed by atoms with Crippen molar-refractivity contribution in [3.63, 3.8) is 0 Å². The quantitative estimate of drug-likeness (QED) is 0.360. The minimum absolute atomic E-state index is 0.0831. The van der Waals surface area contributed by atoms with Crippen LogP contribution in [0.5, 0.6) is 0 Å². The number of anilines is 1. The Bertz CT molecular complexity index is 1050. The van der Waals surface area contributed by atoms with Crippen LogP contribution in [0.15, 0.2) is 48.5 Å². The van der Waals surface area contributed by atoms with Crippen molar-refractivity contribution in [3.8, 4) is 0 Å². The van der Waals surface area contributed by atoms with Gasteiger partial charge in [0.05, 0.1) is 22.4 Å². The smallest absolute Gasteiger partial charge is 0.338 e. The summed E-state index contributed by atoms with van der Waals surface area (Å²) < 4.78 is 5.82. The number of amides is 2. The van der Waals surface area contributed by atoms with Gasteiger partial charge in [0.1, 0.15) is 0 Å². The van der Waals surface area contributed by atoms with Crippen molar-refractivity contribution >= 4 is 44.5 Å². The molecule has 0 fully saturated rings. The van der Waals surface area contributed by atoms with Crippen LogP contribution in [0.2, 0.25) is 0 Å². The fraction of sp³-hybridized carbons (Fsp3) is 0.304. The second kappa shape index (κ2) is 11.2. The number of fused-ring (bicyclic) bond motifs is 1. The summed E-state index contributed by atoms with van der Waals surface area (Å²) in [6, 6.07) is 14.2. The van der Waals surface area contributed by atoms with Crippen molar-refractivity contribution in [2.24, 2.45) is 0 Å². The number of nitrogens with zero attached hydrogens (tertiary/aromatic N) is 1. The Morgan fingerprint density at radius 2 is 1.81 bits per heavy atom. The third-order valence-corrected chi connectivity index (χ3v) is 5.48. The van der Waals surface area contributed by atoms with Gasteiger partial charge in [-0.25, -0.2) is 9.78 Å². The molecule has 0 saturated heterocycles. The fourth-order valence-electron chi connectivity index (χ4n) is 2.98. The zero-order valence-corrected chi connectivity index (χ0v) is 18.2. The van der Waals surface area contributed by atoms with E-state index >= 15 is 0 Å². The lowest BCUT2D eigenvalue weighted by molar-refractivity contribution is -0.116. The second-order valence-electron chi connectivity index (χ2n) is 6.90. The van der Waals surface area contributed by atoms with E-state index in [4.69, 9.17) is 4.74 Å². The van der Waals surface area contributed by atoms with Crippen LogP contribution < -0.4 is 10.6 Å². The largest absolute Gasteiger partial charge is 0.462 e. The third-order valence-electron chi connectivity index (χ3n) is 4.55. The number of rotatable bonds is 10. The van der Waals surface area contributed by atoms with E-state index in [2.05, 4.69) is 15.6 Å². The molecule has 2 amide bonds. The van der Waals surface area contributed by atoms with E-state index in [9.17, 15) is 14.4 Å². The average molecular weight is 440 g/mol. The van der Waals surface area contributed by atoms with Gasteiger partial charge in [-0.3, -0.25) is 9.59 Å². The molecule has 8 heteroatoms. The fourth-order valence-corrected chi connectivity index (χ4v) is 3.90. The number of benzene rings is 2. The molecule has 31 heavy (non-hydrogen) atoms. The maximum atomic E-state index is 12.2. The molecule has 2 aromatic carbocycles. The minimum Gasteiger partial charge on any atom is -0.462 e. The Hall–Kier alpha value is -3.26. The van der Waals surface area contributed by atoms with E-state index in [-0.39, 0.29) is 17.8 Å². The number of unbranched alkanes of at least 4 members (excludes halogenated alkanes) is 2. The molecular weight excluding hydrogens is 414 g/mol. The number of carbonyl (C=O) groups excluding carboxylic acids is 3. The minimum atomic E-state index is -0.372. The molecule has 0 saturated carbocycles. The van der Waals surface area contributed by atoms with Gasteiger partial charge in [0.25, 0.3) is 5.91 Å². The van der Waals surface area contributed by atoms with E-state index in [1.54, 1.807) is 37.3 Å². The normalized spacial score (nSPS) is 10.6. The molecule has 0 aliphatic rings. The molecule has 162 valence electrons. The standard InChI is InChI=1S/C23H25N3O4S/c1-2-30-22(29)17-12-13-18-19(15-17)31-23(25-18)26-20(27)11-7-4-8-14-24-21(28)16-9-5-3-6-10-16/h3,5-6,9-10,12-13,15H,2,4,7-8,11,14H2,1H3,(H,24,28)(H,25,26,27). The summed E-state index contributed by atoms with van der Waals surface area (Å²) in [6.45, 7) is 2.66. The van der Waals surface area contributed by atoms with Crippen LogP contribution >= 0.6 is 11.3 Å². The third kappa shape index (κ3) is 6.62. The van der Waals surface area contributed by atoms with Gasteiger partial charge in [0.2, 0.25) is 5.91 Å². The highest BCUT2D eigenvalue weighted by atomic mass is 32.1. The highest BCUT2D eigenvalue weighted by Crippen LogP contribution is 2.27. The van der Waals surface area contributed by atoms with Crippen LogP contribution in [0.1, 0.15) is 53.3 Å². The number of esters is 1. The average Bonchev–Trinajstić information content (AvgIpc) is 3.18. The SMILES string of the molecule is CCOC(=O)c1ccc2nc(NC(=O)CCCCCNC(=O)c3ccccc3)sc2c1. The lowest BCUT2D eigenvalue weighted by Gasteiger charge is -2.05. The Morgan fingerprint density at radius 3 is 2.58 bits per heavy atom. The van der Waals surface area contributed by atoms with Crippen LogP contribution in [-0.4, -0.2) is 35.9 Å². The molecule has 0 atom stereocenters. The van der Waals surface area contributed by atoms with Crippen molar-refractivity contribution in [2.75, 3.05) is 18.5 Å². The van der Waals surface area contributed by atoms with Crippen molar-refractivity contribution in [1.82, 2.24) is 10.3 Å². The summed E-state index contributed by atoms with van der Waals surface area (Å²) in [7, 11) is 0. The number of hydrogen-bond acceptors (Lipinski definition) is 6. The number of carbonyl (C=O) groups is 3. The maximum Gasteiger partial charge on any atom is 0.338 e. The van der Waals surface area contributed by atoms with E-state index in [0.717, 1.165) is 29.5 Å². The van der Waals surface area contributed by atoms with Crippen LogP contribution in [0.4, 0.5) is 5.13 Å². The first kappa shape index (κ1) is 22.4. The summed E-state index contributed by atoms with van der Waals surface area (Å²) >= 11 is 1.33. The predicted molar refractivity (Wildman–Crippen MR) is 121 cm³/mol. The van der Waals surface area contributed by atoms with Crippen molar-refractivity contribution in [1.29, 1.82) is 0 Å². The van der Waals surface area contributed by atoms with Gasteiger partial charge in [-0.1, -0.05) is 36.0 Å². The van der Waals surface area contributed by atoms with Gasteiger partial charge >= 0.3 is 5.97 Å². The highest BCUT2D eigenvalue weighted by molar-refractivity contribution is 7.22. The number of nitrogens with one attached hydrogen (secondary N) is 2. The monoisotopic (exact) mass is 439 g/mol. The highest BCUT2D eigenvalue weighted by Gasteiger charge is 2.12. The van der Waals surface area contributed by atoms with Gasteiger partial charge in [0.15, 0.2) is 5.13 Å². The number of hydrogen-bond donors (Lipinski definition) is 2. The summed E-state index contributed by atoms with van der Waals surface area (Å²) in [5.41, 5.74) is 1.84. The zero-order chi connectivity index (χ0) is 22.1. The molecule has 0 aliphatic heterocycles. The van der Waals surface area contributed by atoms with E-state index in [1.165, 1.54) is 11.3 Å². The molecule has 1 heterocycles. The van der Waals surface area contributed by atoms with Crippen molar-refractivity contribution < 1.29 is 19.1 Å². The predicted octanol–water partition coefficient (Wildman–Crippen LogP) is 4.40. The first-order chi connectivity index (χ1) is 15.1. The molecule has 0 unspecified atom stereocenters. The topological polar surface area (TPSA) is 97.4 Å². The number of aromatic nitrogens is 1. The summed E-state index contributed by atoms with van der Waals surface area (Å²) in [5.74, 6) is -0.554. The molecule has 1 aromatic heterocycles. The van der Waals surface area contributed by atoms with E-state index in [1.807, 2.05) is 18.2 Å². The second-order valence-corrected chi connectivity index (χ2v) is 7.93. The molecule has 0 radical (unpaired) electrons. The lowest BCUT2D eigenvalue weighted by Crippen LogP contribution is -2.24. The van der Waals surface area contributed by atoms with Crippen molar-refractivity contribution in [2.45, 2.75) is 32.6 Å². The molecule has 7 nitrogen and oxygen atoms in total. The Labute approximate surface area is 184 Å². The zero-order valence-electron chi connectivity index (χ0n) is 17.3. The van der Waals surface area contributed by atoms with Gasteiger partial charge in [-0.2, -0.15) is 0 Å². The van der Waals surface area contributed by atoms with Gasteiger partial charge in [0, 0.05) is 18.5 Å². The van der Waals surface area contributed by atoms with E-state index < -0.39 is 0 Å². The Kier molecular flexibility index (Phi) is 8.12. The van der Waals surface area contributed by atoms with Crippen LogP contribution in [0.25, 0.3) is 10.2 Å². The van der Waals surface area contributed by atoms with Gasteiger partial charge in [-0.15, -0.1) is 0 Å². The molecule has 0 spiro atoms. The summed E-state index contributed by atoms with van der Waals surface area (Å²) in [6.07, 6.45) is 2.76. The first-order valence-electron chi connectivity index (χ1n) is 10.3. The number of thiazole rings is 1. The lowest BCUT2D eigenvalue weighted by atomic mass is 10.1. The van der Waals surface area contributed by atoms with Crippen LogP contribution in [-0.2, 0) is 9.53 Å². The molecular formula is C23H25N3O4S. The van der Waals surface area contributed by atoms with E-state index in [0.29, 0.717) is 35.8 Å².